The number of ether oxygens (including phenoxy) is 1. The fourth-order valence-electron chi connectivity index (χ4n) is 2.03. The predicted octanol–water partition coefficient (Wildman–Crippen LogP) is 2.59. The van der Waals surface area contributed by atoms with Crippen molar-refractivity contribution in [3.8, 4) is 5.75 Å². The Bertz CT molecular complexity index is 702. The van der Waals surface area contributed by atoms with Gasteiger partial charge in [0.15, 0.2) is 0 Å². The van der Waals surface area contributed by atoms with Gasteiger partial charge in [-0.25, -0.2) is 0 Å². The Balaban J connectivity index is 1.79. The first-order valence-corrected chi connectivity index (χ1v) is 8.58. The topological polar surface area (TPSA) is 81.4 Å². The number of hydrogen-bond donors (Lipinski definition) is 2. The second kappa shape index (κ2) is 8.98. The fraction of sp³-hybridized carbons (Fsp3) is 0.222. The van der Waals surface area contributed by atoms with Crippen molar-refractivity contribution in [3.63, 3.8) is 0 Å². The van der Waals surface area contributed by atoms with E-state index < -0.39 is 5.91 Å². The van der Waals surface area contributed by atoms with E-state index in [0.717, 1.165) is 16.2 Å². The standard InChI is InChI=1S/C18H20N2O3S/c1-2-23-15-6-8-16(9-7-15)24-12-17(21)20-11-13-4-3-5-14(10-13)18(19)22/h3-10H,2,11-12H2,1H3,(H2,19,22)(H,20,21). The summed E-state index contributed by atoms with van der Waals surface area (Å²) in [5.74, 6) is 0.594. The van der Waals surface area contributed by atoms with E-state index >= 15 is 0 Å². The van der Waals surface area contributed by atoms with Crippen LogP contribution in [0.3, 0.4) is 0 Å². The van der Waals surface area contributed by atoms with E-state index in [4.69, 9.17) is 10.5 Å². The van der Waals surface area contributed by atoms with Crippen LogP contribution in [0.5, 0.6) is 5.75 Å². The maximum Gasteiger partial charge on any atom is 0.248 e. The molecule has 2 rings (SSSR count). The molecule has 0 aliphatic carbocycles. The van der Waals surface area contributed by atoms with Gasteiger partial charge in [-0.3, -0.25) is 9.59 Å². The highest BCUT2D eigenvalue weighted by Crippen LogP contribution is 2.21. The van der Waals surface area contributed by atoms with Crippen LogP contribution in [0.2, 0.25) is 0 Å². The van der Waals surface area contributed by atoms with Crippen LogP contribution in [-0.4, -0.2) is 24.2 Å². The number of nitrogens with two attached hydrogens (primary N) is 1. The molecule has 0 saturated heterocycles. The minimum absolute atomic E-state index is 0.0710. The number of nitrogens with one attached hydrogen (secondary N) is 1. The van der Waals surface area contributed by atoms with Crippen LogP contribution < -0.4 is 15.8 Å². The number of primary amides is 1. The average Bonchev–Trinajstić information content (AvgIpc) is 2.60. The monoisotopic (exact) mass is 344 g/mol. The summed E-state index contributed by atoms with van der Waals surface area (Å²) >= 11 is 1.46. The largest absolute Gasteiger partial charge is 0.494 e. The van der Waals surface area contributed by atoms with E-state index in [-0.39, 0.29) is 5.91 Å². The minimum Gasteiger partial charge on any atom is -0.494 e. The van der Waals surface area contributed by atoms with Crippen molar-refractivity contribution in [1.29, 1.82) is 0 Å². The molecule has 6 heteroatoms. The molecule has 126 valence electrons. The zero-order valence-electron chi connectivity index (χ0n) is 13.5. The number of hydrogen-bond acceptors (Lipinski definition) is 4. The first kappa shape index (κ1) is 17.9. The number of carbonyl (C=O) groups is 2. The van der Waals surface area contributed by atoms with Gasteiger partial charge in [-0.15, -0.1) is 11.8 Å². The lowest BCUT2D eigenvalue weighted by Gasteiger charge is -2.07. The third-order valence-corrected chi connectivity index (χ3v) is 4.22. The average molecular weight is 344 g/mol. The van der Waals surface area contributed by atoms with Crippen LogP contribution in [0.1, 0.15) is 22.8 Å². The van der Waals surface area contributed by atoms with Crippen molar-refractivity contribution in [2.24, 2.45) is 5.73 Å². The lowest BCUT2D eigenvalue weighted by molar-refractivity contribution is -0.118. The molecule has 2 aromatic carbocycles. The lowest BCUT2D eigenvalue weighted by Crippen LogP contribution is -2.24. The highest BCUT2D eigenvalue weighted by atomic mass is 32.2. The summed E-state index contributed by atoms with van der Waals surface area (Å²) in [4.78, 5) is 24.1. The van der Waals surface area contributed by atoms with E-state index in [2.05, 4.69) is 5.32 Å². The summed E-state index contributed by atoms with van der Waals surface area (Å²) in [6, 6.07) is 14.6. The molecular weight excluding hydrogens is 324 g/mol. The molecule has 0 fully saturated rings. The summed E-state index contributed by atoms with van der Waals surface area (Å²) in [6.45, 7) is 2.93. The van der Waals surface area contributed by atoms with Gasteiger partial charge in [-0.2, -0.15) is 0 Å². The molecule has 2 amide bonds. The van der Waals surface area contributed by atoms with Crippen molar-refractivity contribution < 1.29 is 14.3 Å². The zero-order chi connectivity index (χ0) is 17.4. The summed E-state index contributed by atoms with van der Waals surface area (Å²) < 4.78 is 5.38. The molecule has 0 spiro atoms. The van der Waals surface area contributed by atoms with E-state index in [1.54, 1.807) is 18.2 Å². The van der Waals surface area contributed by atoms with Crippen molar-refractivity contribution in [3.05, 3.63) is 59.7 Å². The smallest absolute Gasteiger partial charge is 0.248 e. The highest BCUT2D eigenvalue weighted by molar-refractivity contribution is 8.00. The summed E-state index contributed by atoms with van der Waals surface area (Å²) in [5, 5.41) is 2.83. The molecule has 3 N–H and O–H groups in total. The molecule has 0 aliphatic rings. The number of thioether (sulfide) groups is 1. The van der Waals surface area contributed by atoms with Gasteiger partial charge in [0.05, 0.1) is 12.4 Å². The number of amides is 2. The SMILES string of the molecule is CCOc1ccc(SCC(=O)NCc2cccc(C(N)=O)c2)cc1. The Morgan fingerprint density at radius 3 is 2.58 bits per heavy atom. The van der Waals surface area contributed by atoms with E-state index in [9.17, 15) is 9.59 Å². The molecule has 0 heterocycles. The molecule has 0 bridgehead atoms. The molecule has 0 unspecified atom stereocenters. The second-order valence-corrected chi connectivity index (χ2v) is 6.08. The Morgan fingerprint density at radius 1 is 1.17 bits per heavy atom. The van der Waals surface area contributed by atoms with Crippen molar-refractivity contribution in [2.75, 3.05) is 12.4 Å². The zero-order valence-corrected chi connectivity index (χ0v) is 14.3. The molecule has 0 radical (unpaired) electrons. The molecule has 0 aromatic heterocycles. The van der Waals surface area contributed by atoms with Gasteiger partial charge < -0.3 is 15.8 Å². The maximum atomic E-state index is 11.9. The minimum atomic E-state index is -0.478. The summed E-state index contributed by atoms with van der Waals surface area (Å²) in [5.41, 5.74) is 6.52. The van der Waals surface area contributed by atoms with E-state index in [0.29, 0.717) is 24.5 Å². The molecule has 0 saturated carbocycles. The van der Waals surface area contributed by atoms with Crippen LogP contribution in [0.15, 0.2) is 53.4 Å². The van der Waals surface area contributed by atoms with Gasteiger partial charge in [0.25, 0.3) is 0 Å². The predicted molar refractivity (Wildman–Crippen MR) is 95.1 cm³/mol. The molecule has 5 nitrogen and oxygen atoms in total. The van der Waals surface area contributed by atoms with E-state index in [1.807, 2.05) is 37.3 Å². The lowest BCUT2D eigenvalue weighted by atomic mass is 10.1. The van der Waals surface area contributed by atoms with Gasteiger partial charge in [0, 0.05) is 17.0 Å². The fourth-order valence-corrected chi connectivity index (χ4v) is 2.76. The van der Waals surface area contributed by atoms with Gasteiger partial charge in [-0.1, -0.05) is 12.1 Å². The molecular formula is C18H20N2O3S. The van der Waals surface area contributed by atoms with E-state index in [1.165, 1.54) is 11.8 Å². The quantitative estimate of drug-likeness (QED) is 0.721. The van der Waals surface area contributed by atoms with Crippen LogP contribution >= 0.6 is 11.8 Å². The Kier molecular flexibility index (Phi) is 6.69. The Hall–Kier alpha value is -2.47. The molecule has 0 aliphatic heterocycles. The first-order valence-electron chi connectivity index (χ1n) is 7.59. The van der Waals surface area contributed by atoms with Gasteiger partial charge in [0.1, 0.15) is 5.75 Å². The number of benzene rings is 2. The van der Waals surface area contributed by atoms with Crippen molar-refractivity contribution in [2.45, 2.75) is 18.4 Å². The first-order chi connectivity index (χ1) is 11.6. The summed E-state index contributed by atoms with van der Waals surface area (Å²) in [6.07, 6.45) is 0. The normalized spacial score (nSPS) is 10.2. The molecule has 2 aromatic rings. The third kappa shape index (κ3) is 5.62. The van der Waals surface area contributed by atoms with Crippen LogP contribution in [0.4, 0.5) is 0 Å². The maximum absolute atomic E-state index is 11.9. The van der Waals surface area contributed by atoms with Crippen molar-refractivity contribution >= 4 is 23.6 Å². The number of carbonyl (C=O) groups excluding carboxylic acids is 2. The second-order valence-electron chi connectivity index (χ2n) is 5.03. The van der Waals surface area contributed by atoms with Gasteiger partial charge in [0.2, 0.25) is 11.8 Å². The summed E-state index contributed by atoms with van der Waals surface area (Å²) in [7, 11) is 0. The van der Waals surface area contributed by atoms with Crippen LogP contribution in [0.25, 0.3) is 0 Å². The van der Waals surface area contributed by atoms with Crippen LogP contribution in [0, 0.1) is 0 Å². The number of rotatable bonds is 8. The third-order valence-electron chi connectivity index (χ3n) is 3.21. The van der Waals surface area contributed by atoms with Crippen molar-refractivity contribution in [1.82, 2.24) is 5.32 Å². The van der Waals surface area contributed by atoms with Gasteiger partial charge >= 0.3 is 0 Å². The van der Waals surface area contributed by atoms with Gasteiger partial charge in [-0.05, 0) is 48.9 Å². The molecule has 24 heavy (non-hydrogen) atoms. The Labute approximate surface area is 145 Å². The highest BCUT2D eigenvalue weighted by Gasteiger charge is 2.05. The Morgan fingerprint density at radius 2 is 1.92 bits per heavy atom. The molecule has 0 atom stereocenters. The van der Waals surface area contributed by atoms with Crippen LogP contribution in [-0.2, 0) is 11.3 Å².